The van der Waals surface area contributed by atoms with E-state index in [2.05, 4.69) is 61.7 Å². The van der Waals surface area contributed by atoms with Gasteiger partial charge in [-0.15, -0.1) is 24.2 Å². The van der Waals surface area contributed by atoms with Gasteiger partial charge in [-0.05, 0) is 36.1 Å². The highest BCUT2D eigenvalue weighted by molar-refractivity contribution is 8.00. The Hall–Kier alpha value is -0.970. The molecule has 1 heterocycles. The molecule has 2 N–H and O–H groups in total. The lowest BCUT2D eigenvalue weighted by Crippen LogP contribution is -2.30. The van der Waals surface area contributed by atoms with E-state index in [0.717, 1.165) is 24.4 Å². The Morgan fingerprint density at radius 3 is 2.52 bits per heavy atom. The van der Waals surface area contributed by atoms with Crippen LogP contribution in [0, 0.1) is 0 Å². The number of hydrogen-bond acceptors (Lipinski definition) is 3. The van der Waals surface area contributed by atoms with E-state index in [1.807, 2.05) is 0 Å². The van der Waals surface area contributed by atoms with Gasteiger partial charge in [0.25, 0.3) is 0 Å². The normalized spacial score (nSPS) is 14.7. The Balaban J connectivity index is 0.00000264. The fraction of sp³-hybridized carbons (Fsp3) is 0.500. The minimum absolute atomic E-state index is 0. The molecule has 3 nitrogen and oxygen atoms in total. The summed E-state index contributed by atoms with van der Waals surface area (Å²) < 4.78 is 0. The van der Waals surface area contributed by atoms with Crippen LogP contribution in [0.15, 0.2) is 40.8 Å². The van der Waals surface area contributed by atoms with Crippen LogP contribution in [0.1, 0.15) is 32.8 Å². The molecule has 0 bridgehead atoms. The number of amides is 1. The molecule has 0 saturated carbocycles. The molecule has 0 aliphatic carbocycles. The smallest absolute Gasteiger partial charge is 0.230 e. The van der Waals surface area contributed by atoms with Gasteiger partial charge in [-0.2, -0.15) is 0 Å². The number of benzene rings is 1. The van der Waals surface area contributed by atoms with Gasteiger partial charge in [-0.25, -0.2) is 0 Å². The van der Waals surface area contributed by atoms with E-state index in [0.29, 0.717) is 12.3 Å². The van der Waals surface area contributed by atoms with Crippen molar-refractivity contribution in [3.8, 4) is 0 Å². The maximum absolute atomic E-state index is 11.9. The van der Waals surface area contributed by atoms with Crippen molar-refractivity contribution in [3.05, 3.63) is 41.5 Å². The fourth-order valence-corrected chi connectivity index (χ4v) is 3.02. The highest BCUT2D eigenvalue weighted by Gasteiger charge is 2.13. The topological polar surface area (TPSA) is 41.1 Å². The minimum atomic E-state index is 0. The predicted molar refractivity (Wildman–Crippen MR) is 102 cm³/mol. The molecule has 2 rings (SSSR count). The molecule has 23 heavy (non-hydrogen) atoms. The second kappa shape index (κ2) is 9.36. The zero-order valence-corrected chi connectivity index (χ0v) is 15.8. The Kier molecular flexibility index (Phi) is 8.17. The number of nitrogens with one attached hydrogen (secondary N) is 2. The van der Waals surface area contributed by atoms with Crippen LogP contribution in [-0.4, -0.2) is 31.3 Å². The van der Waals surface area contributed by atoms with E-state index in [-0.39, 0.29) is 23.7 Å². The lowest BCUT2D eigenvalue weighted by molar-refractivity contribution is -0.118. The number of carbonyl (C=O) groups is 1. The molecule has 1 aliphatic heterocycles. The highest BCUT2D eigenvalue weighted by atomic mass is 35.5. The third-order valence-corrected chi connectivity index (χ3v) is 4.77. The molecule has 0 saturated heterocycles. The predicted octanol–water partition coefficient (Wildman–Crippen LogP) is 3.53. The molecule has 128 valence electrons. The molecule has 0 fully saturated rings. The van der Waals surface area contributed by atoms with Crippen LogP contribution >= 0.6 is 24.2 Å². The molecule has 5 heteroatoms. The van der Waals surface area contributed by atoms with Crippen molar-refractivity contribution < 1.29 is 4.79 Å². The zero-order chi connectivity index (χ0) is 16.0. The Morgan fingerprint density at radius 2 is 1.96 bits per heavy atom. The molecule has 0 aromatic heterocycles. The van der Waals surface area contributed by atoms with Gasteiger partial charge in [-0.3, -0.25) is 4.79 Å². The van der Waals surface area contributed by atoms with E-state index < -0.39 is 0 Å². The summed E-state index contributed by atoms with van der Waals surface area (Å²) in [6, 6.07) is 8.52. The first-order chi connectivity index (χ1) is 10.4. The van der Waals surface area contributed by atoms with Crippen LogP contribution in [0.5, 0.6) is 0 Å². The van der Waals surface area contributed by atoms with Crippen LogP contribution in [0.4, 0.5) is 0 Å². The van der Waals surface area contributed by atoms with Crippen molar-refractivity contribution in [2.75, 3.05) is 25.4 Å². The van der Waals surface area contributed by atoms with Gasteiger partial charge >= 0.3 is 0 Å². The quantitative estimate of drug-likeness (QED) is 0.627. The number of carbonyl (C=O) groups excluding carboxylic acids is 1. The Bertz CT molecular complexity index is 535. The first-order valence-electron chi connectivity index (χ1n) is 7.84. The maximum Gasteiger partial charge on any atom is 0.230 e. The third-order valence-electron chi connectivity index (χ3n) is 3.76. The second-order valence-corrected chi connectivity index (χ2v) is 7.71. The summed E-state index contributed by atoms with van der Waals surface area (Å²) in [5, 5.41) is 6.27. The van der Waals surface area contributed by atoms with E-state index in [1.165, 1.54) is 11.1 Å². The lowest BCUT2D eigenvalue weighted by atomic mass is 9.87. The van der Waals surface area contributed by atoms with E-state index in [4.69, 9.17) is 0 Å². The summed E-state index contributed by atoms with van der Waals surface area (Å²) in [5.41, 5.74) is 2.81. The summed E-state index contributed by atoms with van der Waals surface area (Å²) in [6.45, 7) is 9.23. The van der Waals surface area contributed by atoms with Crippen molar-refractivity contribution in [2.24, 2.45) is 0 Å². The highest BCUT2D eigenvalue weighted by Crippen LogP contribution is 2.25. The Labute approximate surface area is 150 Å². The van der Waals surface area contributed by atoms with E-state index in [1.54, 1.807) is 11.8 Å². The first kappa shape index (κ1) is 20.1. The fourth-order valence-electron chi connectivity index (χ4n) is 2.29. The lowest BCUT2D eigenvalue weighted by Gasteiger charge is -2.19. The molecule has 1 aromatic carbocycles. The molecule has 0 spiro atoms. The van der Waals surface area contributed by atoms with Crippen molar-refractivity contribution >= 4 is 30.1 Å². The van der Waals surface area contributed by atoms with Gasteiger partial charge in [0.2, 0.25) is 5.91 Å². The van der Waals surface area contributed by atoms with Crippen LogP contribution in [-0.2, 0) is 10.2 Å². The maximum atomic E-state index is 11.9. The molecular weight excluding hydrogens is 328 g/mol. The van der Waals surface area contributed by atoms with Gasteiger partial charge in [0.1, 0.15) is 0 Å². The number of hydrogen-bond donors (Lipinski definition) is 2. The van der Waals surface area contributed by atoms with Gasteiger partial charge in [0.05, 0.1) is 5.75 Å². The number of thioether (sulfide) groups is 1. The zero-order valence-electron chi connectivity index (χ0n) is 14.1. The van der Waals surface area contributed by atoms with Crippen molar-refractivity contribution in [1.29, 1.82) is 0 Å². The summed E-state index contributed by atoms with van der Waals surface area (Å²) in [6.07, 6.45) is 3.20. The summed E-state index contributed by atoms with van der Waals surface area (Å²) in [4.78, 5) is 13.1. The van der Waals surface area contributed by atoms with Crippen LogP contribution in [0.25, 0.3) is 0 Å². The van der Waals surface area contributed by atoms with Crippen LogP contribution in [0.3, 0.4) is 0 Å². The molecule has 0 unspecified atom stereocenters. The average Bonchev–Trinajstić information content (AvgIpc) is 2.51. The summed E-state index contributed by atoms with van der Waals surface area (Å²) in [7, 11) is 0. The third kappa shape index (κ3) is 6.98. The molecule has 0 atom stereocenters. The van der Waals surface area contributed by atoms with Gasteiger partial charge in [0, 0.05) is 18.0 Å². The minimum Gasteiger partial charge on any atom is -0.352 e. The second-order valence-electron chi connectivity index (χ2n) is 6.66. The molecule has 1 amide bonds. The number of rotatable bonds is 5. The monoisotopic (exact) mass is 354 g/mol. The molecular formula is C18H27ClN2OS. The van der Waals surface area contributed by atoms with Crippen LogP contribution < -0.4 is 10.6 Å². The van der Waals surface area contributed by atoms with Crippen molar-refractivity contribution in [3.63, 3.8) is 0 Å². The summed E-state index contributed by atoms with van der Waals surface area (Å²) >= 11 is 1.59. The van der Waals surface area contributed by atoms with E-state index >= 15 is 0 Å². The largest absolute Gasteiger partial charge is 0.352 e. The summed E-state index contributed by atoms with van der Waals surface area (Å²) in [5.74, 6) is 0.574. The van der Waals surface area contributed by atoms with Gasteiger partial charge < -0.3 is 10.6 Å². The Morgan fingerprint density at radius 1 is 1.26 bits per heavy atom. The van der Waals surface area contributed by atoms with Gasteiger partial charge in [-0.1, -0.05) is 44.6 Å². The van der Waals surface area contributed by atoms with Crippen LogP contribution in [0.2, 0.25) is 0 Å². The molecule has 0 radical (unpaired) electrons. The molecule has 1 aliphatic rings. The number of halogens is 1. The van der Waals surface area contributed by atoms with Crippen molar-refractivity contribution in [1.82, 2.24) is 10.6 Å². The standard InChI is InChI=1S/C18H26N2OS.ClH/c1-18(2,3)15-4-6-16(7-5-15)22-13-17(21)20-12-14-8-10-19-11-9-14;/h4-8,19H,9-13H2,1-3H3,(H,20,21);1H. The average molecular weight is 355 g/mol. The van der Waals surface area contributed by atoms with Gasteiger partial charge in [0.15, 0.2) is 0 Å². The van der Waals surface area contributed by atoms with Crippen molar-refractivity contribution in [2.45, 2.75) is 37.5 Å². The molecule has 1 aromatic rings. The first-order valence-corrected chi connectivity index (χ1v) is 8.82. The van der Waals surface area contributed by atoms with E-state index in [9.17, 15) is 4.79 Å². The SMILES string of the molecule is CC(C)(C)c1ccc(SCC(=O)NCC2=CCNCC2)cc1.Cl.